The van der Waals surface area contributed by atoms with Gasteiger partial charge in [-0.2, -0.15) is 23.5 Å². The van der Waals surface area contributed by atoms with E-state index in [1.807, 2.05) is 40.2 Å². The topological polar surface area (TPSA) is 52.6 Å². The van der Waals surface area contributed by atoms with Crippen molar-refractivity contribution in [2.45, 2.75) is 64.6 Å². The van der Waals surface area contributed by atoms with Crippen molar-refractivity contribution in [3.63, 3.8) is 0 Å². The van der Waals surface area contributed by atoms with E-state index in [1.54, 1.807) is 23.5 Å². The normalized spacial score (nSPS) is 12.1. The summed E-state index contributed by atoms with van der Waals surface area (Å²) in [7, 11) is 0. The molecule has 0 radical (unpaired) electrons. The van der Waals surface area contributed by atoms with Gasteiger partial charge < -0.3 is 9.47 Å². The van der Waals surface area contributed by atoms with Crippen LogP contribution in [0.3, 0.4) is 0 Å². The van der Waals surface area contributed by atoms with Gasteiger partial charge in [-0.3, -0.25) is 9.59 Å². The van der Waals surface area contributed by atoms with E-state index < -0.39 is 11.2 Å². The molecule has 0 aromatic heterocycles. The van der Waals surface area contributed by atoms with E-state index in [1.165, 1.54) is 0 Å². The lowest BCUT2D eigenvalue weighted by Crippen LogP contribution is -2.34. The summed E-state index contributed by atoms with van der Waals surface area (Å²) in [5, 5.41) is 0. The van der Waals surface area contributed by atoms with Gasteiger partial charge in [-0.25, -0.2) is 0 Å². The molecule has 0 aliphatic carbocycles. The minimum absolute atomic E-state index is 0.172. The molecule has 0 unspecified atom stereocenters. The van der Waals surface area contributed by atoms with E-state index >= 15 is 0 Å². The number of hydrogen-bond acceptors (Lipinski definition) is 6. The molecule has 0 spiro atoms. The van der Waals surface area contributed by atoms with E-state index in [0.29, 0.717) is 25.7 Å². The van der Waals surface area contributed by atoms with Gasteiger partial charge in [0.25, 0.3) is 0 Å². The van der Waals surface area contributed by atoms with Crippen molar-refractivity contribution >= 4 is 35.5 Å². The SMILES string of the molecule is CSCCC(=O)OC(C)(C)CCC(C)(C)OC(=O)CCSC. The maximum atomic E-state index is 11.7. The van der Waals surface area contributed by atoms with Gasteiger partial charge in [-0.1, -0.05) is 0 Å². The van der Waals surface area contributed by atoms with Crippen LogP contribution in [0, 0.1) is 0 Å². The van der Waals surface area contributed by atoms with E-state index in [4.69, 9.17) is 9.47 Å². The molecule has 0 aromatic carbocycles. The fourth-order valence-corrected chi connectivity index (χ4v) is 2.53. The lowest BCUT2D eigenvalue weighted by Gasteiger charge is -2.31. The lowest BCUT2D eigenvalue weighted by molar-refractivity contribution is -0.163. The van der Waals surface area contributed by atoms with Crippen molar-refractivity contribution in [1.29, 1.82) is 0 Å². The van der Waals surface area contributed by atoms with Gasteiger partial charge in [0.2, 0.25) is 0 Å². The molecule has 0 heterocycles. The zero-order valence-electron chi connectivity index (χ0n) is 14.7. The van der Waals surface area contributed by atoms with E-state index in [-0.39, 0.29) is 11.9 Å². The molecule has 130 valence electrons. The van der Waals surface area contributed by atoms with E-state index in [2.05, 4.69) is 0 Å². The van der Waals surface area contributed by atoms with Crippen LogP contribution >= 0.6 is 23.5 Å². The first-order valence-electron chi connectivity index (χ1n) is 7.53. The standard InChI is InChI=1S/C16H30O4S2/c1-15(2,19-13(17)7-11-21-5)9-10-16(3,4)20-14(18)8-12-22-6/h7-12H2,1-6H3. The Morgan fingerprint density at radius 1 is 0.773 bits per heavy atom. The summed E-state index contributed by atoms with van der Waals surface area (Å²) in [6.07, 6.45) is 6.09. The van der Waals surface area contributed by atoms with Gasteiger partial charge in [0.1, 0.15) is 11.2 Å². The zero-order chi connectivity index (χ0) is 17.2. The first kappa shape index (κ1) is 21.6. The maximum Gasteiger partial charge on any atom is 0.307 e. The monoisotopic (exact) mass is 350 g/mol. The third kappa shape index (κ3) is 11.2. The lowest BCUT2D eigenvalue weighted by atomic mass is 9.93. The summed E-state index contributed by atoms with van der Waals surface area (Å²) in [5.74, 6) is 1.20. The Morgan fingerprint density at radius 3 is 1.36 bits per heavy atom. The molecule has 0 saturated carbocycles. The van der Waals surface area contributed by atoms with Crippen LogP contribution in [0.15, 0.2) is 0 Å². The van der Waals surface area contributed by atoms with Crippen LogP contribution in [0.1, 0.15) is 53.4 Å². The second-order valence-electron chi connectivity index (χ2n) is 6.45. The van der Waals surface area contributed by atoms with Gasteiger partial charge in [0.05, 0.1) is 12.8 Å². The third-order valence-electron chi connectivity index (χ3n) is 3.13. The number of rotatable bonds is 11. The van der Waals surface area contributed by atoms with Crippen LogP contribution in [-0.2, 0) is 19.1 Å². The third-order valence-corrected chi connectivity index (χ3v) is 4.35. The molecular formula is C16H30O4S2. The fraction of sp³-hybridized carbons (Fsp3) is 0.875. The fourth-order valence-electron chi connectivity index (χ4n) is 1.79. The van der Waals surface area contributed by atoms with E-state index in [0.717, 1.165) is 11.5 Å². The van der Waals surface area contributed by atoms with E-state index in [9.17, 15) is 9.59 Å². The minimum Gasteiger partial charge on any atom is -0.460 e. The maximum absolute atomic E-state index is 11.7. The Morgan fingerprint density at radius 2 is 1.09 bits per heavy atom. The van der Waals surface area contributed by atoms with Gasteiger partial charge in [0, 0.05) is 11.5 Å². The minimum atomic E-state index is -0.543. The molecule has 0 atom stereocenters. The Balaban J connectivity index is 4.25. The second kappa shape index (κ2) is 10.4. The average molecular weight is 351 g/mol. The van der Waals surface area contributed by atoms with Crippen molar-refractivity contribution in [2.75, 3.05) is 24.0 Å². The highest BCUT2D eigenvalue weighted by Gasteiger charge is 2.29. The summed E-state index contributed by atoms with van der Waals surface area (Å²) in [5.41, 5.74) is -1.09. The molecule has 0 rings (SSSR count). The smallest absolute Gasteiger partial charge is 0.307 e. The molecule has 6 heteroatoms. The second-order valence-corrected chi connectivity index (χ2v) is 8.42. The van der Waals surface area contributed by atoms with Crippen LogP contribution in [0.4, 0.5) is 0 Å². The molecule has 0 N–H and O–H groups in total. The Bertz CT molecular complexity index is 320. The van der Waals surface area contributed by atoms with Crippen molar-refractivity contribution in [3.8, 4) is 0 Å². The molecular weight excluding hydrogens is 320 g/mol. The van der Waals surface area contributed by atoms with Crippen molar-refractivity contribution in [3.05, 3.63) is 0 Å². The largest absolute Gasteiger partial charge is 0.460 e. The zero-order valence-corrected chi connectivity index (χ0v) is 16.3. The van der Waals surface area contributed by atoms with Crippen LogP contribution in [-0.4, -0.2) is 47.2 Å². The Kier molecular flexibility index (Phi) is 10.3. The summed E-state index contributed by atoms with van der Waals surface area (Å²) in [6, 6.07) is 0. The summed E-state index contributed by atoms with van der Waals surface area (Å²) in [4.78, 5) is 23.4. The molecule has 0 aliphatic rings. The summed E-state index contributed by atoms with van der Waals surface area (Å²) >= 11 is 3.25. The molecule has 0 aromatic rings. The van der Waals surface area contributed by atoms with Gasteiger partial charge in [-0.15, -0.1) is 0 Å². The molecule has 22 heavy (non-hydrogen) atoms. The Labute approximate surface area is 143 Å². The highest BCUT2D eigenvalue weighted by atomic mass is 32.2. The number of esters is 2. The highest BCUT2D eigenvalue weighted by Crippen LogP contribution is 2.26. The van der Waals surface area contributed by atoms with Crippen molar-refractivity contribution in [2.24, 2.45) is 0 Å². The van der Waals surface area contributed by atoms with Gasteiger partial charge >= 0.3 is 11.9 Å². The molecule has 4 nitrogen and oxygen atoms in total. The summed E-state index contributed by atoms with van der Waals surface area (Å²) < 4.78 is 11.0. The van der Waals surface area contributed by atoms with Crippen LogP contribution in [0.25, 0.3) is 0 Å². The predicted molar refractivity (Wildman–Crippen MR) is 95.6 cm³/mol. The summed E-state index contributed by atoms with van der Waals surface area (Å²) in [6.45, 7) is 7.59. The number of hydrogen-bond donors (Lipinski definition) is 0. The van der Waals surface area contributed by atoms with Crippen LogP contribution in [0.2, 0.25) is 0 Å². The molecule has 0 saturated heterocycles. The van der Waals surface area contributed by atoms with Gasteiger partial charge in [0.15, 0.2) is 0 Å². The first-order valence-corrected chi connectivity index (χ1v) is 10.3. The number of thioether (sulfide) groups is 2. The van der Waals surface area contributed by atoms with Gasteiger partial charge in [-0.05, 0) is 53.0 Å². The van der Waals surface area contributed by atoms with Crippen LogP contribution in [0.5, 0.6) is 0 Å². The highest BCUT2D eigenvalue weighted by molar-refractivity contribution is 7.98. The molecule has 0 amide bonds. The molecule has 0 fully saturated rings. The number of carbonyl (C=O) groups is 2. The Hall–Kier alpha value is -0.360. The number of carbonyl (C=O) groups excluding carboxylic acids is 2. The molecule has 0 bridgehead atoms. The quantitative estimate of drug-likeness (QED) is 0.527. The van der Waals surface area contributed by atoms with Crippen molar-refractivity contribution < 1.29 is 19.1 Å². The first-order chi connectivity index (χ1) is 10.1. The molecule has 0 aliphatic heterocycles. The van der Waals surface area contributed by atoms with Crippen molar-refractivity contribution in [1.82, 2.24) is 0 Å². The van der Waals surface area contributed by atoms with Crippen LogP contribution < -0.4 is 0 Å². The number of ether oxygens (including phenoxy) is 2. The predicted octanol–water partition coefficient (Wildman–Crippen LogP) is 3.92. The average Bonchev–Trinajstić information content (AvgIpc) is 2.40.